The highest BCUT2D eigenvalue weighted by Crippen LogP contribution is 2.30. The average molecular weight is 416 g/mol. The molecule has 2 aliphatic rings. The molecule has 0 bridgehead atoms. The van der Waals surface area contributed by atoms with E-state index in [9.17, 15) is 18.5 Å². The van der Waals surface area contributed by atoms with Crippen LogP contribution in [0.15, 0.2) is 23.1 Å². The number of nitro groups is 1. The van der Waals surface area contributed by atoms with Gasteiger partial charge in [-0.3, -0.25) is 10.1 Å². The third kappa shape index (κ3) is 7.01. The van der Waals surface area contributed by atoms with Crippen LogP contribution >= 0.6 is 0 Å². The molecule has 0 radical (unpaired) electrons. The third-order valence-electron chi connectivity index (χ3n) is 5.03. The Kier molecular flexibility index (Phi) is 8.61. The Balaban J connectivity index is 0.000000485. The van der Waals surface area contributed by atoms with E-state index in [1.165, 1.54) is 25.0 Å². The van der Waals surface area contributed by atoms with Crippen LogP contribution < -0.4 is 10.5 Å². The Morgan fingerprint density at radius 1 is 1.25 bits per heavy atom. The number of benzene rings is 1. The highest BCUT2D eigenvalue weighted by molar-refractivity contribution is 7.89. The first-order chi connectivity index (χ1) is 13.3. The molecule has 1 aliphatic heterocycles. The molecule has 3 rings (SSSR count). The topological polar surface area (TPSA) is 134 Å². The number of sulfonamides is 1. The van der Waals surface area contributed by atoms with Crippen LogP contribution in [-0.4, -0.2) is 46.3 Å². The Labute approximate surface area is 165 Å². The fraction of sp³-hybridized carbons (Fsp3) is 0.667. The minimum atomic E-state index is -3.97. The second-order valence-corrected chi connectivity index (χ2v) is 8.62. The second kappa shape index (κ2) is 10.7. The van der Waals surface area contributed by atoms with Gasteiger partial charge in [0, 0.05) is 32.9 Å². The molecule has 0 spiro atoms. The summed E-state index contributed by atoms with van der Waals surface area (Å²) in [6.07, 6.45) is 6.81. The molecule has 1 saturated heterocycles. The summed E-state index contributed by atoms with van der Waals surface area (Å²) >= 11 is 0. The molecule has 9 nitrogen and oxygen atoms in total. The molecule has 10 heteroatoms. The molecule has 3 N–H and O–H groups in total. The smallest absolute Gasteiger partial charge is 0.293 e. The number of anilines is 1. The Morgan fingerprint density at radius 2 is 1.89 bits per heavy atom. The largest absolute Gasteiger partial charge is 0.381 e. The van der Waals surface area contributed by atoms with Gasteiger partial charge in [0.15, 0.2) is 0 Å². The normalized spacial score (nSPS) is 22.2. The van der Waals surface area contributed by atoms with E-state index in [0.29, 0.717) is 24.3 Å². The summed E-state index contributed by atoms with van der Waals surface area (Å²) in [5, 5.41) is 19.2. The summed E-state index contributed by atoms with van der Waals surface area (Å²) in [7, 11) is -2.26. The molecule has 1 aromatic carbocycles. The van der Waals surface area contributed by atoms with Crippen molar-refractivity contribution in [2.75, 3.05) is 32.2 Å². The van der Waals surface area contributed by atoms with Gasteiger partial charge in [-0.25, -0.2) is 13.6 Å². The van der Waals surface area contributed by atoms with Crippen LogP contribution in [0.4, 0.5) is 11.4 Å². The lowest BCUT2D eigenvalue weighted by Gasteiger charge is -2.27. The number of primary sulfonamides is 1. The molecule has 28 heavy (non-hydrogen) atoms. The zero-order valence-corrected chi connectivity index (χ0v) is 16.9. The van der Waals surface area contributed by atoms with Crippen LogP contribution in [-0.2, 0) is 19.5 Å². The molecule has 1 heterocycles. The van der Waals surface area contributed by atoms with Gasteiger partial charge in [-0.2, -0.15) is 0 Å². The monoisotopic (exact) mass is 415 g/mol. The van der Waals surface area contributed by atoms with Gasteiger partial charge in [-0.05, 0) is 56.6 Å². The Hall–Kier alpha value is -1.75. The molecule has 2 fully saturated rings. The van der Waals surface area contributed by atoms with Crippen LogP contribution in [0.1, 0.15) is 38.5 Å². The molecule has 1 saturated carbocycles. The van der Waals surface area contributed by atoms with Crippen LogP contribution in [0.5, 0.6) is 0 Å². The van der Waals surface area contributed by atoms with E-state index in [1.807, 2.05) is 0 Å². The predicted molar refractivity (Wildman–Crippen MR) is 106 cm³/mol. The highest BCUT2D eigenvalue weighted by atomic mass is 32.2. The van der Waals surface area contributed by atoms with Crippen LogP contribution in [0, 0.1) is 16.0 Å². The van der Waals surface area contributed by atoms with Gasteiger partial charge in [0.1, 0.15) is 5.69 Å². The standard InChI is InChI=1S/C14H21N3O5S.C4H8O/c1-22-11-4-2-10(3-5-11)9-16-13-7-6-12(23(15,20)21)8-14(13)17(18)19;1-2-4-5-3-1/h6-8,10-11,16H,2-5,9H2,1H3,(H2,15,20,21);1-4H2. The minimum absolute atomic E-state index is 0.268. The quantitative estimate of drug-likeness (QED) is 0.539. The van der Waals surface area contributed by atoms with Gasteiger partial charge in [0.2, 0.25) is 10.0 Å². The second-order valence-electron chi connectivity index (χ2n) is 7.06. The van der Waals surface area contributed by atoms with E-state index < -0.39 is 14.9 Å². The van der Waals surface area contributed by atoms with Crippen molar-refractivity contribution in [3.63, 3.8) is 0 Å². The number of nitrogens with one attached hydrogen (secondary N) is 1. The maximum absolute atomic E-state index is 11.3. The number of hydrogen-bond donors (Lipinski definition) is 2. The molecule has 0 unspecified atom stereocenters. The lowest BCUT2D eigenvalue weighted by molar-refractivity contribution is -0.384. The SMILES string of the molecule is C1CCOC1.COC1CCC(CNc2ccc(S(N)(=O)=O)cc2[N+](=O)[O-])CC1. The highest BCUT2D eigenvalue weighted by Gasteiger charge is 2.23. The first-order valence-corrected chi connectivity index (χ1v) is 11.0. The molecule has 0 atom stereocenters. The lowest BCUT2D eigenvalue weighted by atomic mass is 9.87. The molecule has 0 amide bonds. The van der Waals surface area contributed by atoms with E-state index in [1.54, 1.807) is 7.11 Å². The zero-order valence-electron chi connectivity index (χ0n) is 16.1. The van der Waals surface area contributed by atoms with Crippen LogP contribution in [0.3, 0.4) is 0 Å². The fourth-order valence-corrected chi connectivity index (χ4v) is 3.86. The summed E-state index contributed by atoms with van der Waals surface area (Å²) in [4.78, 5) is 10.3. The maximum atomic E-state index is 11.3. The van der Waals surface area contributed by atoms with E-state index >= 15 is 0 Å². The van der Waals surface area contributed by atoms with Crippen molar-refractivity contribution < 1.29 is 22.8 Å². The molecule has 0 aromatic heterocycles. The first kappa shape index (κ1) is 22.5. The van der Waals surface area contributed by atoms with E-state index in [-0.39, 0.29) is 10.6 Å². The summed E-state index contributed by atoms with van der Waals surface area (Å²) < 4.78 is 32.9. The Bertz CT molecular complexity index is 736. The number of methoxy groups -OCH3 is 1. The Morgan fingerprint density at radius 3 is 2.36 bits per heavy atom. The summed E-state index contributed by atoms with van der Waals surface area (Å²) in [5.74, 6) is 0.416. The molecular formula is C18H29N3O6S. The summed E-state index contributed by atoms with van der Waals surface area (Å²) in [6, 6.07) is 3.64. The van der Waals surface area contributed by atoms with Gasteiger partial charge in [0.05, 0.1) is 15.9 Å². The molecule has 1 aromatic rings. The third-order valence-corrected chi connectivity index (χ3v) is 5.94. The van der Waals surface area contributed by atoms with Crippen molar-refractivity contribution in [1.82, 2.24) is 0 Å². The van der Waals surface area contributed by atoms with Crippen LogP contribution in [0.2, 0.25) is 0 Å². The minimum Gasteiger partial charge on any atom is -0.381 e. The number of rotatable bonds is 6. The van der Waals surface area contributed by atoms with Crippen molar-refractivity contribution in [1.29, 1.82) is 0 Å². The van der Waals surface area contributed by atoms with Gasteiger partial charge in [-0.15, -0.1) is 0 Å². The van der Waals surface area contributed by atoms with Gasteiger partial charge >= 0.3 is 0 Å². The fourth-order valence-electron chi connectivity index (χ4n) is 3.33. The van der Waals surface area contributed by atoms with E-state index in [4.69, 9.17) is 14.6 Å². The summed E-state index contributed by atoms with van der Waals surface area (Å²) in [5.41, 5.74) is 0.0124. The van der Waals surface area contributed by atoms with Gasteiger partial charge < -0.3 is 14.8 Å². The van der Waals surface area contributed by atoms with Crippen molar-refractivity contribution >= 4 is 21.4 Å². The van der Waals surface area contributed by atoms with Crippen LogP contribution in [0.25, 0.3) is 0 Å². The number of nitrogens with zero attached hydrogens (tertiary/aromatic N) is 1. The first-order valence-electron chi connectivity index (χ1n) is 9.47. The average Bonchev–Trinajstić information content (AvgIpc) is 3.26. The number of ether oxygens (including phenoxy) is 2. The summed E-state index contributed by atoms with van der Waals surface area (Å²) in [6.45, 7) is 2.60. The van der Waals surface area contributed by atoms with Crippen molar-refractivity contribution in [3.05, 3.63) is 28.3 Å². The molecule has 158 valence electrons. The van der Waals surface area contributed by atoms with E-state index in [2.05, 4.69) is 5.32 Å². The van der Waals surface area contributed by atoms with Crippen molar-refractivity contribution in [3.8, 4) is 0 Å². The number of hydrogen-bond acceptors (Lipinski definition) is 7. The maximum Gasteiger partial charge on any atom is 0.293 e. The number of nitro benzene ring substituents is 1. The van der Waals surface area contributed by atoms with E-state index in [0.717, 1.165) is 45.0 Å². The lowest BCUT2D eigenvalue weighted by Crippen LogP contribution is -2.25. The molecule has 1 aliphatic carbocycles. The number of nitrogens with two attached hydrogens (primary N) is 1. The molecular weight excluding hydrogens is 386 g/mol. The predicted octanol–water partition coefficient (Wildman–Crippen LogP) is 2.66. The zero-order chi connectivity index (χ0) is 20.6. The van der Waals surface area contributed by atoms with Crippen molar-refractivity contribution in [2.24, 2.45) is 11.1 Å². The van der Waals surface area contributed by atoms with Gasteiger partial charge in [-0.1, -0.05) is 0 Å². The van der Waals surface area contributed by atoms with Gasteiger partial charge in [0.25, 0.3) is 5.69 Å². The van der Waals surface area contributed by atoms with Crippen molar-refractivity contribution in [2.45, 2.75) is 49.5 Å².